The largest absolute Gasteiger partial charge is 0.497 e. The molecule has 1 aromatic heterocycles. The lowest BCUT2D eigenvalue weighted by molar-refractivity contribution is 0.414. The molecule has 2 aromatic carbocycles. The number of imidazole rings is 1. The molecular formula is C15H15N3O3S. The average Bonchev–Trinajstić information content (AvgIpc) is 2.93. The first-order chi connectivity index (χ1) is 10.5. The minimum Gasteiger partial charge on any atom is -0.497 e. The first-order valence-corrected chi connectivity index (χ1v) is 8.08. The summed E-state index contributed by atoms with van der Waals surface area (Å²) in [6.07, 6.45) is 1.57. The first kappa shape index (κ1) is 14.4. The molecule has 0 fully saturated rings. The van der Waals surface area contributed by atoms with E-state index >= 15 is 0 Å². The molecule has 3 rings (SSSR count). The molecule has 0 aliphatic rings. The second-order valence-electron chi connectivity index (χ2n) is 4.87. The van der Waals surface area contributed by atoms with Crippen LogP contribution >= 0.6 is 0 Å². The van der Waals surface area contributed by atoms with Gasteiger partial charge in [-0.1, -0.05) is 0 Å². The Labute approximate surface area is 128 Å². The van der Waals surface area contributed by atoms with Crippen molar-refractivity contribution in [1.29, 1.82) is 0 Å². The Morgan fingerprint density at radius 3 is 2.73 bits per heavy atom. The van der Waals surface area contributed by atoms with E-state index in [1.807, 2.05) is 0 Å². The van der Waals surface area contributed by atoms with E-state index in [2.05, 4.69) is 14.7 Å². The summed E-state index contributed by atoms with van der Waals surface area (Å²) in [7, 11) is -2.12. The van der Waals surface area contributed by atoms with E-state index < -0.39 is 10.0 Å². The topological polar surface area (TPSA) is 84.1 Å². The van der Waals surface area contributed by atoms with Crippen LogP contribution in [0.5, 0.6) is 5.75 Å². The second kappa shape index (κ2) is 5.34. The number of hydrogen-bond donors (Lipinski definition) is 2. The van der Waals surface area contributed by atoms with Gasteiger partial charge >= 0.3 is 0 Å². The maximum absolute atomic E-state index is 12.5. The zero-order valence-corrected chi connectivity index (χ0v) is 12.9. The number of sulfonamides is 1. The van der Waals surface area contributed by atoms with Crippen LogP contribution in [0.4, 0.5) is 5.69 Å². The van der Waals surface area contributed by atoms with Gasteiger partial charge in [0.15, 0.2) is 0 Å². The molecule has 0 aliphatic heterocycles. The lowest BCUT2D eigenvalue weighted by Crippen LogP contribution is -2.14. The zero-order chi connectivity index (χ0) is 15.7. The van der Waals surface area contributed by atoms with E-state index in [1.165, 1.54) is 6.07 Å². The molecule has 0 spiro atoms. The molecule has 1 heterocycles. The predicted molar refractivity (Wildman–Crippen MR) is 84.6 cm³/mol. The van der Waals surface area contributed by atoms with Crippen LogP contribution in [0.15, 0.2) is 47.6 Å². The fourth-order valence-corrected chi connectivity index (χ4v) is 3.54. The summed E-state index contributed by atoms with van der Waals surface area (Å²) in [6.45, 7) is 1.73. The fraction of sp³-hybridized carbons (Fsp3) is 0.133. The Morgan fingerprint density at radius 2 is 2.00 bits per heavy atom. The Hall–Kier alpha value is -2.54. The molecule has 0 saturated carbocycles. The lowest BCUT2D eigenvalue weighted by atomic mass is 10.2. The number of methoxy groups -OCH3 is 1. The van der Waals surface area contributed by atoms with Crippen LogP contribution in [0.1, 0.15) is 5.56 Å². The molecular weight excluding hydrogens is 302 g/mol. The van der Waals surface area contributed by atoms with Gasteiger partial charge in [-0.05, 0) is 48.9 Å². The normalized spacial score (nSPS) is 11.5. The smallest absolute Gasteiger partial charge is 0.262 e. The van der Waals surface area contributed by atoms with Gasteiger partial charge in [-0.2, -0.15) is 0 Å². The average molecular weight is 317 g/mol. The van der Waals surface area contributed by atoms with Crippen molar-refractivity contribution in [3.63, 3.8) is 0 Å². The highest BCUT2D eigenvalue weighted by Gasteiger charge is 2.17. The van der Waals surface area contributed by atoms with E-state index in [1.54, 1.807) is 50.7 Å². The van der Waals surface area contributed by atoms with Crippen molar-refractivity contribution in [1.82, 2.24) is 9.97 Å². The van der Waals surface area contributed by atoms with Gasteiger partial charge in [0.2, 0.25) is 0 Å². The number of rotatable bonds is 4. The van der Waals surface area contributed by atoms with Gasteiger partial charge in [0, 0.05) is 0 Å². The van der Waals surface area contributed by atoms with E-state index in [-0.39, 0.29) is 4.90 Å². The molecule has 2 N–H and O–H groups in total. The molecule has 0 saturated heterocycles. The number of aromatic amines is 1. The van der Waals surface area contributed by atoms with Crippen LogP contribution in [0.25, 0.3) is 11.0 Å². The number of anilines is 1. The minimum absolute atomic E-state index is 0.220. The van der Waals surface area contributed by atoms with Crippen molar-refractivity contribution < 1.29 is 13.2 Å². The van der Waals surface area contributed by atoms with Gasteiger partial charge in [0.25, 0.3) is 10.0 Å². The number of benzene rings is 2. The van der Waals surface area contributed by atoms with Crippen LogP contribution in [0.2, 0.25) is 0 Å². The number of aromatic nitrogens is 2. The molecule has 0 amide bonds. The Morgan fingerprint density at radius 1 is 1.18 bits per heavy atom. The summed E-state index contributed by atoms with van der Waals surface area (Å²) in [5.41, 5.74) is 2.65. The maximum atomic E-state index is 12.5. The van der Waals surface area contributed by atoms with Crippen molar-refractivity contribution in [2.45, 2.75) is 11.8 Å². The highest BCUT2D eigenvalue weighted by Crippen LogP contribution is 2.24. The molecule has 0 radical (unpaired) electrons. The van der Waals surface area contributed by atoms with E-state index in [4.69, 9.17) is 4.74 Å². The molecule has 6 nitrogen and oxygen atoms in total. The number of nitrogens with zero attached hydrogens (tertiary/aromatic N) is 1. The van der Waals surface area contributed by atoms with Crippen molar-refractivity contribution in [3.8, 4) is 5.75 Å². The molecule has 7 heteroatoms. The first-order valence-electron chi connectivity index (χ1n) is 6.60. The Kier molecular flexibility index (Phi) is 3.50. The highest BCUT2D eigenvalue weighted by atomic mass is 32.2. The molecule has 114 valence electrons. The molecule has 0 atom stereocenters. The molecule has 0 bridgehead atoms. The van der Waals surface area contributed by atoms with Crippen LogP contribution in [0.3, 0.4) is 0 Å². The highest BCUT2D eigenvalue weighted by molar-refractivity contribution is 7.92. The van der Waals surface area contributed by atoms with Gasteiger partial charge in [-0.25, -0.2) is 13.4 Å². The van der Waals surface area contributed by atoms with Crippen LogP contribution in [-0.2, 0) is 10.0 Å². The quantitative estimate of drug-likeness (QED) is 0.775. The summed E-state index contributed by atoms with van der Waals surface area (Å²) in [6, 6.07) is 9.99. The van der Waals surface area contributed by atoms with Crippen molar-refractivity contribution >= 4 is 26.7 Å². The van der Waals surface area contributed by atoms with Crippen molar-refractivity contribution in [3.05, 3.63) is 48.3 Å². The summed E-state index contributed by atoms with van der Waals surface area (Å²) in [5.74, 6) is 0.621. The summed E-state index contributed by atoms with van der Waals surface area (Å²) < 4.78 is 32.7. The number of aryl methyl sites for hydroxylation is 1. The fourth-order valence-electron chi connectivity index (χ4n) is 2.26. The van der Waals surface area contributed by atoms with Gasteiger partial charge in [0.1, 0.15) is 5.75 Å². The second-order valence-corrected chi connectivity index (χ2v) is 6.52. The third kappa shape index (κ3) is 2.62. The molecule has 0 unspecified atom stereocenters. The molecule has 22 heavy (non-hydrogen) atoms. The van der Waals surface area contributed by atoms with E-state index in [9.17, 15) is 8.42 Å². The van der Waals surface area contributed by atoms with Gasteiger partial charge in [-0.3, -0.25) is 4.72 Å². The third-order valence-corrected chi connectivity index (χ3v) is 4.89. The zero-order valence-electron chi connectivity index (χ0n) is 12.1. The van der Waals surface area contributed by atoms with E-state index in [0.29, 0.717) is 17.0 Å². The van der Waals surface area contributed by atoms with Crippen LogP contribution < -0.4 is 9.46 Å². The lowest BCUT2D eigenvalue weighted by Gasteiger charge is -2.11. The molecule has 3 aromatic rings. The number of nitrogens with one attached hydrogen (secondary N) is 2. The monoisotopic (exact) mass is 317 g/mol. The van der Waals surface area contributed by atoms with Crippen molar-refractivity contribution in [2.75, 3.05) is 11.8 Å². The van der Waals surface area contributed by atoms with Gasteiger partial charge in [0.05, 0.1) is 35.1 Å². The van der Waals surface area contributed by atoms with Gasteiger partial charge in [-0.15, -0.1) is 0 Å². The van der Waals surface area contributed by atoms with Crippen LogP contribution in [-0.4, -0.2) is 25.5 Å². The standard InChI is InChI=1S/C15H15N3O3S/c1-10-7-12(21-2)4-6-15(10)22(19,20)18-11-3-5-13-14(8-11)17-9-16-13/h3-9,18H,1-2H3,(H,16,17). The summed E-state index contributed by atoms with van der Waals surface area (Å²) in [5, 5.41) is 0. The molecule has 0 aliphatic carbocycles. The summed E-state index contributed by atoms with van der Waals surface area (Å²) >= 11 is 0. The number of H-pyrrole nitrogens is 1. The number of ether oxygens (including phenoxy) is 1. The van der Waals surface area contributed by atoms with Crippen molar-refractivity contribution in [2.24, 2.45) is 0 Å². The van der Waals surface area contributed by atoms with Crippen LogP contribution in [0, 0.1) is 6.92 Å². The maximum Gasteiger partial charge on any atom is 0.262 e. The summed E-state index contributed by atoms with van der Waals surface area (Å²) in [4.78, 5) is 7.27. The van der Waals surface area contributed by atoms with E-state index in [0.717, 1.165) is 11.0 Å². The predicted octanol–water partition coefficient (Wildman–Crippen LogP) is 2.68. The Balaban J connectivity index is 1.95. The van der Waals surface area contributed by atoms with Gasteiger partial charge < -0.3 is 9.72 Å². The number of hydrogen-bond acceptors (Lipinski definition) is 4. The minimum atomic E-state index is -3.66. The third-order valence-electron chi connectivity index (χ3n) is 3.34. The Bertz CT molecular complexity index is 932. The SMILES string of the molecule is COc1ccc(S(=O)(=O)Nc2ccc3nc[nH]c3c2)c(C)c1. The number of fused-ring (bicyclic) bond motifs is 1.